The topological polar surface area (TPSA) is 66.8 Å². The van der Waals surface area contributed by atoms with Crippen molar-refractivity contribution in [3.8, 4) is 0 Å². The number of ether oxygens (including phenoxy) is 1. The SMILES string of the molecule is CCOC(=O)CCC(O)C(C)(O)CCC=C(C)C. The zero-order chi connectivity index (χ0) is 14.2. The number of hydrogen-bond acceptors (Lipinski definition) is 4. The van der Waals surface area contributed by atoms with Crippen LogP contribution in [0.4, 0.5) is 0 Å². The number of aliphatic hydroxyl groups excluding tert-OH is 1. The van der Waals surface area contributed by atoms with Gasteiger partial charge in [-0.25, -0.2) is 0 Å². The molecule has 2 N–H and O–H groups in total. The zero-order valence-electron chi connectivity index (χ0n) is 11.9. The third-order valence-corrected chi connectivity index (χ3v) is 2.85. The van der Waals surface area contributed by atoms with Crippen LogP contribution in [0.1, 0.15) is 53.4 Å². The average molecular weight is 258 g/mol. The Kier molecular flexibility index (Phi) is 7.87. The maximum absolute atomic E-state index is 11.2. The Bertz CT molecular complexity index is 278. The molecule has 18 heavy (non-hydrogen) atoms. The van der Waals surface area contributed by atoms with Gasteiger partial charge in [0.25, 0.3) is 0 Å². The molecular weight excluding hydrogens is 232 g/mol. The van der Waals surface area contributed by atoms with Gasteiger partial charge in [0.1, 0.15) is 0 Å². The van der Waals surface area contributed by atoms with Crippen LogP contribution in [-0.2, 0) is 9.53 Å². The highest BCUT2D eigenvalue weighted by Crippen LogP contribution is 2.21. The summed E-state index contributed by atoms with van der Waals surface area (Å²) in [5.74, 6) is -0.336. The lowest BCUT2D eigenvalue weighted by atomic mass is 9.90. The van der Waals surface area contributed by atoms with Gasteiger partial charge in [-0.3, -0.25) is 4.79 Å². The fraction of sp³-hybridized carbons (Fsp3) is 0.786. The molecule has 0 amide bonds. The van der Waals surface area contributed by atoms with Crippen molar-refractivity contribution < 1.29 is 19.7 Å². The predicted octanol–water partition coefficient (Wildman–Crippen LogP) is 2.19. The zero-order valence-corrected chi connectivity index (χ0v) is 11.9. The first-order chi connectivity index (χ1) is 8.29. The van der Waals surface area contributed by atoms with Crippen LogP contribution < -0.4 is 0 Å². The highest BCUT2D eigenvalue weighted by molar-refractivity contribution is 5.69. The lowest BCUT2D eigenvalue weighted by molar-refractivity contribution is -0.145. The van der Waals surface area contributed by atoms with Crippen molar-refractivity contribution in [2.75, 3.05) is 6.61 Å². The minimum absolute atomic E-state index is 0.133. The molecule has 4 nitrogen and oxygen atoms in total. The Morgan fingerprint density at radius 1 is 1.44 bits per heavy atom. The van der Waals surface area contributed by atoms with Gasteiger partial charge in [0.05, 0.1) is 18.3 Å². The molecule has 0 saturated carbocycles. The van der Waals surface area contributed by atoms with Crippen molar-refractivity contribution >= 4 is 5.97 Å². The van der Waals surface area contributed by atoms with E-state index in [1.807, 2.05) is 19.9 Å². The van der Waals surface area contributed by atoms with Crippen LogP contribution in [0.25, 0.3) is 0 Å². The van der Waals surface area contributed by atoms with Crippen LogP contribution in [-0.4, -0.2) is 34.5 Å². The second-order valence-electron chi connectivity index (χ2n) is 5.04. The molecular formula is C14H26O4. The van der Waals surface area contributed by atoms with E-state index in [-0.39, 0.29) is 18.8 Å². The average Bonchev–Trinajstić information content (AvgIpc) is 2.25. The quantitative estimate of drug-likeness (QED) is 0.517. The van der Waals surface area contributed by atoms with Crippen LogP contribution in [0, 0.1) is 0 Å². The van der Waals surface area contributed by atoms with Gasteiger partial charge in [0, 0.05) is 6.42 Å². The van der Waals surface area contributed by atoms with Crippen molar-refractivity contribution in [2.45, 2.75) is 65.1 Å². The van der Waals surface area contributed by atoms with Crippen LogP contribution in [0.2, 0.25) is 0 Å². The minimum Gasteiger partial charge on any atom is -0.466 e. The van der Waals surface area contributed by atoms with Gasteiger partial charge in [-0.05, 0) is 47.0 Å². The first-order valence-corrected chi connectivity index (χ1v) is 6.49. The van der Waals surface area contributed by atoms with Gasteiger partial charge in [-0.15, -0.1) is 0 Å². The molecule has 0 aromatic carbocycles. The summed E-state index contributed by atoms with van der Waals surface area (Å²) in [6.45, 7) is 7.66. The van der Waals surface area contributed by atoms with Gasteiger partial charge in [0.2, 0.25) is 0 Å². The van der Waals surface area contributed by atoms with E-state index in [1.54, 1.807) is 13.8 Å². The van der Waals surface area contributed by atoms with E-state index in [0.717, 1.165) is 0 Å². The van der Waals surface area contributed by atoms with Crippen LogP contribution in [0.5, 0.6) is 0 Å². The van der Waals surface area contributed by atoms with E-state index in [2.05, 4.69) is 0 Å². The summed E-state index contributed by atoms with van der Waals surface area (Å²) < 4.78 is 4.78. The number of aliphatic hydroxyl groups is 2. The standard InChI is InChI=1S/C14H26O4/c1-5-18-13(16)9-8-12(15)14(4,17)10-6-7-11(2)3/h7,12,15,17H,5-6,8-10H2,1-4H3. The van der Waals surface area contributed by atoms with E-state index >= 15 is 0 Å². The molecule has 0 bridgehead atoms. The lowest BCUT2D eigenvalue weighted by Gasteiger charge is -2.28. The van der Waals surface area contributed by atoms with E-state index in [0.29, 0.717) is 19.4 Å². The number of carbonyl (C=O) groups excluding carboxylic acids is 1. The normalized spacial score (nSPS) is 15.7. The van der Waals surface area contributed by atoms with Crippen molar-refractivity contribution in [2.24, 2.45) is 0 Å². The van der Waals surface area contributed by atoms with Gasteiger partial charge >= 0.3 is 5.97 Å². The van der Waals surface area contributed by atoms with Crippen molar-refractivity contribution in [1.82, 2.24) is 0 Å². The Labute approximate surface area is 110 Å². The van der Waals surface area contributed by atoms with Gasteiger partial charge in [0.15, 0.2) is 0 Å². The summed E-state index contributed by atoms with van der Waals surface area (Å²) in [7, 11) is 0. The van der Waals surface area contributed by atoms with Gasteiger partial charge in [-0.2, -0.15) is 0 Å². The summed E-state index contributed by atoms with van der Waals surface area (Å²) >= 11 is 0. The number of rotatable bonds is 8. The van der Waals surface area contributed by atoms with Gasteiger partial charge < -0.3 is 14.9 Å². The van der Waals surface area contributed by atoms with Gasteiger partial charge in [-0.1, -0.05) is 11.6 Å². The number of hydrogen-bond donors (Lipinski definition) is 2. The molecule has 0 aromatic heterocycles. The molecule has 0 aliphatic carbocycles. The molecule has 0 aromatic rings. The van der Waals surface area contributed by atoms with Crippen molar-refractivity contribution in [3.05, 3.63) is 11.6 Å². The fourth-order valence-electron chi connectivity index (χ4n) is 1.62. The molecule has 0 radical (unpaired) electrons. The summed E-state index contributed by atoms with van der Waals surface area (Å²) in [5.41, 5.74) is 0.0187. The number of carbonyl (C=O) groups is 1. The molecule has 0 heterocycles. The highest BCUT2D eigenvalue weighted by atomic mass is 16.5. The van der Waals surface area contributed by atoms with E-state index in [9.17, 15) is 15.0 Å². The van der Waals surface area contributed by atoms with Crippen LogP contribution in [0.3, 0.4) is 0 Å². The Hall–Kier alpha value is -0.870. The number of allylic oxidation sites excluding steroid dienone is 2. The third-order valence-electron chi connectivity index (χ3n) is 2.85. The third kappa shape index (κ3) is 7.45. The predicted molar refractivity (Wildman–Crippen MR) is 71.2 cm³/mol. The monoisotopic (exact) mass is 258 g/mol. The molecule has 0 aliphatic heterocycles. The number of esters is 1. The maximum atomic E-state index is 11.2. The van der Waals surface area contributed by atoms with Crippen LogP contribution in [0.15, 0.2) is 11.6 Å². The second-order valence-corrected chi connectivity index (χ2v) is 5.04. The first kappa shape index (κ1) is 17.1. The fourth-order valence-corrected chi connectivity index (χ4v) is 1.62. The molecule has 0 rings (SSSR count). The molecule has 0 aliphatic rings. The highest BCUT2D eigenvalue weighted by Gasteiger charge is 2.29. The smallest absolute Gasteiger partial charge is 0.305 e. The first-order valence-electron chi connectivity index (χ1n) is 6.49. The summed E-state index contributed by atoms with van der Waals surface area (Å²) in [5, 5.41) is 20.0. The Morgan fingerprint density at radius 3 is 2.56 bits per heavy atom. The van der Waals surface area contributed by atoms with Crippen LogP contribution >= 0.6 is 0 Å². The molecule has 0 saturated heterocycles. The van der Waals surface area contributed by atoms with Crippen molar-refractivity contribution in [1.29, 1.82) is 0 Å². The van der Waals surface area contributed by atoms with E-state index in [1.165, 1.54) is 5.57 Å². The maximum Gasteiger partial charge on any atom is 0.305 e. The Balaban J connectivity index is 4.09. The molecule has 0 spiro atoms. The molecule has 106 valence electrons. The van der Waals surface area contributed by atoms with E-state index in [4.69, 9.17) is 4.74 Å². The minimum atomic E-state index is -1.17. The van der Waals surface area contributed by atoms with E-state index < -0.39 is 11.7 Å². The molecule has 2 unspecified atom stereocenters. The van der Waals surface area contributed by atoms with Crippen molar-refractivity contribution in [3.63, 3.8) is 0 Å². The largest absolute Gasteiger partial charge is 0.466 e. The summed E-state index contributed by atoms with van der Waals surface area (Å²) in [6, 6.07) is 0. The lowest BCUT2D eigenvalue weighted by Crippen LogP contribution is -2.39. The Morgan fingerprint density at radius 2 is 2.06 bits per heavy atom. The molecule has 2 atom stereocenters. The molecule has 4 heteroatoms. The summed E-state index contributed by atoms with van der Waals surface area (Å²) in [6.07, 6.45) is 2.65. The second kappa shape index (κ2) is 8.27. The summed E-state index contributed by atoms with van der Waals surface area (Å²) in [4.78, 5) is 11.2. The molecule has 0 fully saturated rings.